The molecule has 1 unspecified atom stereocenters. The minimum absolute atomic E-state index is 0.0513. The van der Waals surface area contributed by atoms with Crippen LogP contribution in [0.4, 0.5) is 5.69 Å². The number of nitrogens with one attached hydrogen (secondary N) is 1. The second-order valence-corrected chi connectivity index (χ2v) is 6.79. The average molecular weight is 365 g/mol. The summed E-state index contributed by atoms with van der Waals surface area (Å²) < 4.78 is 3.86. The topological polar surface area (TPSA) is 75.2 Å². The van der Waals surface area contributed by atoms with Crippen molar-refractivity contribution in [2.45, 2.75) is 32.2 Å². The molecule has 1 aliphatic rings. The number of para-hydroxylation sites is 1. The van der Waals surface area contributed by atoms with Crippen molar-refractivity contribution in [1.82, 2.24) is 14.9 Å². The third-order valence-corrected chi connectivity index (χ3v) is 4.94. The van der Waals surface area contributed by atoms with Gasteiger partial charge in [0.05, 0.1) is 22.4 Å². The highest BCUT2D eigenvalue weighted by Crippen LogP contribution is 2.29. The maximum Gasteiger partial charge on any atom is 0.265 e. The van der Waals surface area contributed by atoms with Gasteiger partial charge in [-0.3, -0.25) is 9.59 Å². The molecule has 1 saturated heterocycles. The molecule has 126 valence electrons. The molecular weight excluding hydrogens is 348 g/mol. The molecule has 1 aromatic carbocycles. The Morgan fingerprint density at radius 2 is 2.25 bits per heavy atom. The van der Waals surface area contributed by atoms with Crippen LogP contribution >= 0.6 is 23.1 Å². The lowest BCUT2D eigenvalue weighted by molar-refractivity contribution is -0.117. The van der Waals surface area contributed by atoms with Crippen molar-refractivity contribution in [3.05, 3.63) is 39.9 Å². The maximum absolute atomic E-state index is 12.4. The SMILES string of the molecule is CCCc1nnsc1C(=O)NC1CC(=O)N(c2ccccc2Cl)C1. The van der Waals surface area contributed by atoms with E-state index < -0.39 is 0 Å². The second-order valence-electron chi connectivity index (χ2n) is 5.63. The van der Waals surface area contributed by atoms with E-state index in [1.54, 1.807) is 17.0 Å². The number of benzene rings is 1. The summed E-state index contributed by atoms with van der Waals surface area (Å²) in [7, 11) is 0. The van der Waals surface area contributed by atoms with Crippen molar-refractivity contribution >= 4 is 40.6 Å². The van der Waals surface area contributed by atoms with Gasteiger partial charge in [-0.05, 0) is 30.1 Å². The minimum Gasteiger partial charge on any atom is -0.346 e. The molecule has 1 N–H and O–H groups in total. The number of halogens is 1. The van der Waals surface area contributed by atoms with Gasteiger partial charge in [-0.15, -0.1) is 5.10 Å². The van der Waals surface area contributed by atoms with E-state index in [1.165, 1.54) is 0 Å². The Morgan fingerprint density at radius 3 is 3.00 bits per heavy atom. The lowest BCUT2D eigenvalue weighted by Crippen LogP contribution is -2.37. The number of nitrogens with zero attached hydrogens (tertiary/aromatic N) is 3. The molecule has 1 aliphatic heterocycles. The Kier molecular flexibility index (Phi) is 5.11. The van der Waals surface area contributed by atoms with E-state index in [0.717, 1.165) is 18.0 Å². The van der Waals surface area contributed by atoms with E-state index in [4.69, 9.17) is 11.6 Å². The van der Waals surface area contributed by atoms with Gasteiger partial charge in [0, 0.05) is 13.0 Å². The van der Waals surface area contributed by atoms with Gasteiger partial charge in [0.2, 0.25) is 5.91 Å². The Balaban J connectivity index is 1.69. The third-order valence-electron chi connectivity index (χ3n) is 3.85. The fourth-order valence-electron chi connectivity index (χ4n) is 2.74. The molecule has 2 aromatic rings. The number of aromatic nitrogens is 2. The molecular formula is C16H17ClN4O2S. The summed E-state index contributed by atoms with van der Waals surface area (Å²) in [6.45, 7) is 2.43. The van der Waals surface area contributed by atoms with Crippen molar-refractivity contribution in [3.8, 4) is 0 Å². The summed E-state index contributed by atoms with van der Waals surface area (Å²) in [6.07, 6.45) is 1.87. The maximum atomic E-state index is 12.4. The van der Waals surface area contributed by atoms with Crippen LogP contribution < -0.4 is 10.2 Å². The zero-order valence-electron chi connectivity index (χ0n) is 13.2. The van der Waals surface area contributed by atoms with Crippen molar-refractivity contribution in [3.63, 3.8) is 0 Å². The molecule has 0 bridgehead atoms. The smallest absolute Gasteiger partial charge is 0.265 e. The Bertz CT molecular complexity index is 764. The highest BCUT2D eigenvalue weighted by Gasteiger charge is 2.33. The first kappa shape index (κ1) is 16.9. The van der Waals surface area contributed by atoms with Gasteiger partial charge in [0.15, 0.2) is 0 Å². The minimum atomic E-state index is -0.252. The first-order valence-electron chi connectivity index (χ1n) is 7.77. The molecule has 0 aliphatic carbocycles. The number of hydrogen-bond donors (Lipinski definition) is 1. The van der Waals surface area contributed by atoms with Crippen LogP contribution in [-0.2, 0) is 11.2 Å². The van der Waals surface area contributed by atoms with Crippen molar-refractivity contribution in [1.29, 1.82) is 0 Å². The largest absolute Gasteiger partial charge is 0.346 e. The van der Waals surface area contributed by atoms with E-state index in [1.807, 2.05) is 19.1 Å². The normalized spacial score (nSPS) is 17.3. The molecule has 6 nitrogen and oxygen atoms in total. The second kappa shape index (κ2) is 7.27. The molecule has 8 heteroatoms. The van der Waals surface area contributed by atoms with Gasteiger partial charge in [-0.1, -0.05) is 41.6 Å². The molecule has 0 saturated carbocycles. The van der Waals surface area contributed by atoms with E-state index in [9.17, 15) is 9.59 Å². The van der Waals surface area contributed by atoms with Crippen LogP contribution in [0, 0.1) is 0 Å². The zero-order chi connectivity index (χ0) is 17.1. The third kappa shape index (κ3) is 3.42. The highest BCUT2D eigenvalue weighted by atomic mass is 35.5. The molecule has 1 aromatic heterocycles. The number of aryl methyl sites for hydroxylation is 1. The molecule has 2 heterocycles. The monoisotopic (exact) mass is 364 g/mol. The fraction of sp³-hybridized carbons (Fsp3) is 0.375. The van der Waals surface area contributed by atoms with E-state index >= 15 is 0 Å². The number of anilines is 1. The van der Waals surface area contributed by atoms with Gasteiger partial charge in [0.25, 0.3) is 5.91 Å². The first-order chi connectivity index (χ1) is 11.6. The van der Waals surface area contributed by atoms with Crippen molar-refractivity contribution < 1.29 is 9.59 Å². The predicted octanol–water partition coefficient (Wildman–Crippen LogP) is 2.68. The van der Waals surface area contributed by atoms with Crippen LogP contribution in [0.2, 0.25) is 5.02 Å². The van der Waals surface area contributed by atoms with Gasteiger partial charge in [-0.2, -0.15) is 0 Å². The summed E-state index contributed by atoms with van der Waals surface area (Å²) in [4.78, 5) is 26.9. The van der Waals surface area contributed by atoms with E-state index in [2.05, 4.69) is 14.9 Å². The van der Waals surface area contributed by atoms with Crippen molar-refractivity contribution in [2.75, 3.05) is 11.4 Å². The van der Waals surface area contributed by atoms with Gasteiger partial charge in [0.1, 0.15) is 4.88 Å². The number of carbonyl (C=O) groups is 2. The molecule has 0 radical (unpaired) electrons. The average Bonchev–Trinajstić information content (AvgIpc) is 3.15. The zero-order valence-corrected chi connectivity index (χ0v) is 14.7. The van der Waals surface area contributed by atoms with Crippen LogP contribution in [0.15, 0.2) is 24.3 Å². The lowest BCUT2D eigenvalue weighted by Gasteiger charge is -2.18. The Hall–Kier alpha value is -1.99. The van der Waals surface area contributed by atoms with Crippen molar-refractivity contribution in [2.24, 2.45) is 0 Å². The van der Waals surface area contributed by atoms with Crippen LogP contribution in [-0.4, -0.2) is 34.0 Å². The Labute approximate surface area is 149 Å². The van der Waals surface area contributed by atoms with Crippen LogP contribution in [0.1, 0.15) is 35.1 Å². The summed E-state index contributed by atoms with van der Waals surface area (Å²) in [5.74, 6) is -0.267. The first-order valence-corrected chi connectivity index (χ1v) is 8.92. The fourth-order valence-corrected chi connectivity index (χ4v) is 3.59. The van der Waals surface area contributed by atoms with E-state index in [-0.39, 0.29) is 24.3 Å². The van der Waals surface area contributed by atoms with Gasteiger partial charge < -0.3 is 10.2 Å². The summed E-state index contributed by atoms with van der Waals surface area (Å²) in [5.41, 5.74) is 1.39. The number of rotatable bonds is 5. The molecule has 1 atom stereocenters. The molecule has 24 heavy (non-hydrogen) atoms. The van der Waals surface area contributed by atoms with Gasteiger partial charge in [-0.25, -0.2) is 0 Å². The van der Waals surface area contributed by atoms with Crippen LogP contribution in [0.5, 0.6) is 0 Å². The molecule has 2 amide bonds. The summed E-state index contributed by atoms with van der Waals surface area (Å²) in [5, 5.41) is 7.44. The van der Waals surface area contributed by atoms with E-state index in [0.29, 0.717) is 34.2 Å². The molecule has 0 spiro atoms. The summed E-state index contributed by atoms with van der Waals surface area (Å²) >= 11 is 7.25. The predicted molar refractivity (Wildman–Crippen MR) is 93.6 cm³/mol. The van der Waals surface area contributed by atoms with Crippen LogP contribution in [0.25, 0.3) is 0 Å². The standard InChI is InChI=1S/C16H17ClN4O2S/c1-2-5-12-15(24-20-19-12)16(23)18-10-8-14(22)21(9-10)13-7-4-3-6-11(13)17/h3-4,6-7,10H,2,5,8-9H2,1H3,(H,18,23). The lowest BCUT2D eigenvalue weighted by atomic mass is 10.2. The number of amides is 2. The Morgan fingerprint density at radius 1 is 1.46 bits per heavy atom. The highest BCUT2D eigenvalue weighted by molar-refractivity contribution is 7.08. The summed E-state index contributed by atoms with van der Waals surface area (Å²) in [6, 6.07) is 6.95. The number of carbonyl (C=O) groups excluding carboxylic acids is 2. The quantitative estimate of drug-likeness (QED) is 0.885. The van der Waals surface area contributed by atoms with Crippen LogP contribution in [0.3, 0.4) is 0 Å². The molecule has 1 fully saturated rings. The van der Waals surface area contributed by atoms with Gasteiger partial charge >= 0.3 is 0 Å². The number of hydrogen-bond acceptors (Lipinski definition) is 5. The molecule has 3 rings (SSSR count).